The first-order chi connectivity index (χ1) is 16.4. The van der Waals surface area contributed by atoms with E-state index >= 15 is 0 Å². The van der Waals surface area contributed by atoms with Crippen LogP contribution in [0.3, 0.4) is 0 Å². The van der Waals surface area contributed by atoms with Gasteiger partial charge in [0.1, 0.15) is 28.9 Å². The second-order valence-corrected chi connectivity index (χ2v) is 7.47. The first-order valence-electron chi connectivity index (χ1n) is 10.9. The number of carbonyl (C=O) groups excluding carboxylic acids is 2. The Morgan fingerprint density at radius 3 is 2.15 bits per heavy atom. The Balaban J connectivity index is 2.17. The average molecular weight is 472 g/mol. The summed E-state index contributed by atoms with van der Waals surface area (Å²) in [7, 11) is 4.64. The third-order valence-electron chi connectivity index (χ3n) is 5.55. The number of hydrogen-bond donors (Lipinski definition) is 1. The van der Waals surface area contributed by atoms with E-state index in [1.54, 1.807) is 59.4 Å². The number of esters is 2. The molecule has 0 bridgehead atoms. The molecular weight excluding hydrogens is 442 g/mol. The topological polar surface area (TPSA) is 113 Å². The molecule has 0 aromatic heterocycles. The molecule has 1 heterocycles. The normalized spacial score (nSPS) is 16.7. The molecule has 0 spiro atoms. The molecule has 0 saturated carbocycles. The Bertz CT molecular complexity index is 1060. The van der Waals surface area contributed by atoms with Crippen LogP contribution in [0.25, 0.3) is 11.1 Å². The predicted molar refractivity (Wildman–Crippen MR) is 124 cm³/mol. The smallest absolute Gasteiger partial charge is 0.319 e. The van der Waals surface area contributed by atoms with Crippen molar-refractivity contribution in [2.24, 2.45) is 5.92 Å². The van der Waals surface area contributed by atoms with Crippen molar-refractivity contribution >= 4 is 17.8 Å². The molecule has 1 aliphatic heterocycles. The molecule has 34 heavy (non-hydrogen) atoms. The number of benzene rings is 2. The standard InChI is InChI=1S/C25H29NO8/c1-6-32-21(27)13-17-16-10-14(22-19(30-4)11-15(29-3)12-20(22)31-5)8-9-18(16)34-24(26)23(17)25(28)33-7-2/h8-12,17,23,26H,6-7,13H2,1-5H3. The maximum Gasteiger partial charge on any atom is 0.319 e. The monoisotopic (exact) mass is 471 g/mol. The lowest BCUT2D eigenvalue weighted by Crippen LogP contribution is -2.39. The molecule has 0 radical (unpaired) electrons. The number of ether oxygens (including phenoxy) is 6. The van der Waals surface area contributed by atoms with E-state index in [1.807, 2.05) is 6.07 Å². The molecule has 2 atom stereocenters. The summed E-state index contributed by atoms with van der Waals surface area (Å²) in [5.41, 5.74) is 1.96. The quantitative estimate of drug-likeness (QED) is 0.547. The fourth-order valence-electron chi connectivity index (χ4n) is 4.05. The Morgan fingerprint density at radius 2 is 1.59 bits per heavy atom. The van der Waals surface area contributed by atoms with Crippen molar-refractivity contribution in [1.82, 2.24) is 0 Å². The van der Waals surface area contributed by atoms with Gasteiger partial charge in [0.05, 0.1) is 46.5 Å². The first-order valence-corrected chi connectivity index (χ1v) is 10.9. The lowest BCUT2D eigenvalue weighted by atomic mass is 9.80. The molecule has 2 aromatic rings. The summed E-state index contributed by atoms with van der Waals surface area (Å²) in [5.74, 6) is -1.17. The number of nitrogens with one attached hydrogen (secondary N) is 1. The maximum atomic E-state index is 12.7. The predicted octanol–water partition coefficient (Wildman–Crippen LogP) is 3.97. The van der Waals surface area contributed by atoms with Crippen molar-refractivity contribution in [2.75, 3.05) is 34.5 Å². The average Bonchev–Trinajstić information content (AvgIpc) is 2.83. The zero-order valence-corrected chi connectivity index (χ0v) is 19.9. The molecule has 1 aliphatic rings. The van der Waals surface area contributed by atoms with Gasteiger partial charge in [0.15, 0.2) is 0 Å². The van der Waals surface area contributed by atoms with Crippen LogP contribution in [0.1, 0.15) is 31.7 Å². The number of rotatable bonds is 9. The minimum atomic E-state index is -1.08. The van der Waals surface area contributed by atoms with Gasteiger partial charge in [-0.1, -0.05) is 6.07 Å². The number of hydrogen-bond acceptors (Lipinski definition) is 9. The second-order valence-electron chi connectivity index (χ2n) is 7.47. The number of carbonyl (C=O) groups is 2. The van der Waals surface area contributed by atoms with E-state index < -0.39 is 23.8 Å². The van der Waals surface area contributed by atoms with Gasteiger partial charge >= 0.3 is 11.9 Å². The minimum absolute atomic E-state index is 0.115. The first kappa shape index (κ1) is 24.9. The van der Waals surface area contributed by atoms with Gasteiger partial charge in [-0.25, -0.2) is 0 Å². The van der Waals surface area contributed by atoms with Crippen molar-refractivity contribution in [3.8, 4) is 34.1 Å². The summed E-state index contributed by atoms with van der Waals surface area (Å²) < 4.78 is 32.5. The molecule has 0 aliphatic carbocycles. The highest BCUT2D eigenvalue weighted by Gasteiger charge is 2.43. The van der Waals surface area contributed by atoms with Crippen LogP contribution >= 0.6 is 0 Å². The van der Waals surface area contributed by atoms with Crippen LogP contribution in [-0.4, -0.2) is 52.4 Å². The van der Waals surface area contributed by atoms with Crippen LogP contribution in [-0.2, 0) is 19.1 Å². The largest absolute Gasteiger partial charge is 0.496 e. The summed E-state index contributed by atoms with van der Waals surface area (Å²) in [4.78, 5) is 25.2. The van der Waals surface area contributed by atoms with Crippen molar-refractivity contribution in [1.29, 1.82) is 5.41 Å². The third-order valence-corrected chi connectivity index (χ3v) is 5.55. The van der Waals surface area contributed by atoms with Crippen molar-refractivity contribution in [2.45, 2.75) is 26.2 Å². The minimum Gasteiger partial charge on any atom is -0.496 e. The van der Waals surface area contributed by atoms with Crippen molar-refractivity contribution < 1.29 is 38.0 Å². The van der Waals surface area contributed by atoms with Gasteiger partial charge in [-0.2, -0.15) is 0 Å². The van der Waals surface area contributed by atoms with Gasteiger partial charge in [-0.3, -0.25) is 15.0 Å². The Hall–Kier alpha value is -3.75. The van der Waals surface area contributed by atoms with E-state index in [0.717, 1.165) is 0 Å². The Labute approximate surface area is 198 Å². The van der Waals surface area contributed by atoms with Crippen molar-refractivity contribution in [3.63, 3.8) is 0 Å². The summed E-state index contributed by atoms with van der Waals surface area (Å²) in [6, 6.07) is 8.78. The van der Waals surface area contributed by atoms with Gasteiger partial charge in [-0.15, -0.1) is 0 Å². The Morgan fingerprint density at radius 1 is 0.941 bits per heavy atom. The molecule has 2 aromatic carbocycles. The van der Waals surface area contributed by atoms with Crippen molar-refractivity contribution in [3.05, 3.63) is 35.9 Å². The number of methoxy groups -OCH3 is 3. The molecule has 2 unspecified atom stereocenters. The summed E-state index contributed by atoms with van der Waals surface area (Å²) in [6.07, 6.45) is -0.115. The lowest BCUT2D eigenvalue weighted by Gasteiger charge is -2.32. The highest BCUT2D eigenvalue weighted by atomic mass is 16.5. The third kappa shape index (κ3) is 4.93. The van der Waals surface area contributed by atoms with Gasteiger partial charge in [0.25, 0.3) is 0 Å². The van der Waals surface area contributed by atoms with Crippen LogP contribution < -0.4 is 18.9 Å². The Kier molecular flexibility index (Phi) is 7.99. The highest BCUT2D eigenvalue weighted by molar-refractivity contribution is 6.00. The lowest BCUT2D eigenvalue weighted by molar-refractivity contribution is -0.148. The van der Waals surface area contributed by atoms with Gasteiger partial charge in [0, 0.05) is 23.6 Å². The zero-order chi connectivity index (χ0) is 24.8. The fourth-order valence-corrected chi connectivity index (χ4v) is 4.05. The summed E-state index contributed by atoms with van der Waals surface area (Å²) in [6.45, 7) is 3.74. The molecule has 1 N–H and O–H groups in total. The summed E-state index contributed by atoms with van der Waals surface area (Å²) >= 11 is 0. The van der Waals surface area contributed by atoms with Crippen LogP contribution in [0.4, 0.5) is 0 Å². The fraction of sp³-hybridized carbons (Fsp3) is 0.400. The molecule has 0 fully saturated rings. The molecule has 3 rings (SSSR count). The van der Waals surface area contributed by atoms with Gasteiger partial charge in [0.2, 0.25) is 5.90 Å². The molecule has 182 valence electrons. The summed E-state index contributed by atoms with van der Waals surface area (Å²) in [5, 5.41) is 8.32. The van der Waals surface area contributed by atoms with Crippen LogP contribution in [0.15, 0.2) is 30.3 Å². The SMILES string of the molecule is CCOC(=O)CC1c2cc(-c3c(OC)cc(OC)cc3OC)ccc2OC(=N)C1C(=O)OCC. The molecule has 0 saturated heterocycles. The van der Waals surface area contributed by atoms with E-state index in [2.05, 4.69) is 0 Å². The number of fused-ring (bicyclic) bond motifs is 1. The molecule has 9 heteroatoms. The van der Waals surface area contributed by atoms with Crippen LogP contribution in [0.2, 0.25) is 0 Å². The van der Waals surface area contributed by atoms with E-state index in [-0.39, 0.29) is 25.5 Å². The van der Waals surface area contributed by atoms with E-state index in [4.69, 9.17) is 33.8 Å². The van der Waals surface area contributed by atoms with E-state index in [0.29, 0.717) is 39.7 Å². The highest BCUT2D eigenvalue weighted by Crippen LogP contribution is 2.47. The molecule has 9 nitrogen and oxygen atoms in total. The van der Waals surface area contributed by atoms with E-state index in [9.17, 15) is 9.59 Å². The van der Waals surface area contributed by atoms with Gasteiger partial charge in [-0.05, 0) is 31.5 Å². The second kappa shape index (κ2) is 10.9. The van der Waals surface area contributed by atoms with Crippen LogP contribution in [0.5, 0.6) is 23.0 Å². The zero-order valence-electron chi connectivity index (χ0n) is 19.9. The van der Waals surface area contributed by atoms with Crippen LogP contribution in [0, 0.1) is 11.3 Å². The van der Waals surface area contributed by atoms with E-state index in [1.165, 1.54) is 0 Å². The molecular formula is C25H29NO8. The van der Waals surface area contributed by atoms with Gasteiger partial charge < -0.3 is 28.4 Å². The molecule has 0 amide bonds. The maximum absolute atomic E-state index is 12.7.